The van der Waals surface area contributed by atoms with Crippen molar-refractivity contribution in [2.45, 2.75) is 44.9 Å². The Labute approximate surface area is 97.6 Å². The van der Waals surface area contributed by atoms with Crippen molar-refractivity contribution >= 4 is 0 Å². The van der Waals surface area contributed by atoms with Gasteiger partial charge in [0, 0.05) is 6.61 Å². The Bertz CT molecular complexity index is 332. The lowest BCUT2D eigenvalue weighted by Gasteiger charge is -2.56. The Morgan fingerprint density at radius 1 is 0.938 bits per heavy atom. The van der Waals surface area contributed by atoms with Crippen LogP contribution in [-0.4, -0.2) is 11.7 Å². The topological polar surface area (TPSA) is 20.2 Å². The second-order valence-corrected chi connectivity index (χ2v) is 7.76. The van der Waals surface area contributed by atoms with Crippen molar-refractivity contribution in [1.82, 2.24) is 0 Å². The van der Waals surface area contributed by atoms with Crippen LogP contribution in [0.4, 0.5) is 0 Å². The Morgan fingerprint density at radius 3 is 2.06 bits per heavy atom. The standard InChI is InChI=1S/C15H22O/c16-7-13-6-14(13)8-15(14)11-2-9-1-10(4-11)5-12(15)3-9/h9-13,16H,1-8H2/t9?,10?,11?,12?,13-,14+,15?/m0/s1. The summed E-state index contributed by atoms with van der Waals surface area (Å²) in [5.41, 5.74) is 1.46. The highest BCUT2D eigenvalue weighted by atomic mass is 16.3. The van der Waals surface area contributed by atoms with Gasteiger partial charge in [-0.2, -0.15) is 0 Å². The molecule has 6 aliphatic carbocycles. The molecule has 0 amide bonds. The van der Waals surface area contributed by atoms with Crippen molar-refractivity contribution in [2.75, 3.05) is 6.61 Å². The Balaban J connectivity index is 1.53. The van der Waals surface area contributed by atoms with E-state index in [0.717, 1.165) is 29.1 Å². The van der Waals surface area contributed by atoms with Crippen molar-refractivity contribution in [1.29, 1.82) is 0 Å². The van der Waals surface area contributed by atoms with Gasteiger partial charge >= 0.3 is 0 Å². The fourth-order valence-corrected chi connectivity index (χ4v) is 7.01. The molecule has 0 aromatic carbocycles. The van der Waals surface area contributed by atoms with Crippen LogP contribution in [0, 0.1) is 40.4 Å². The molecule has 0 unspecified atom stereocenters. The fourth-order valence-electron chi connectivity index (χ4n) is 7.01. The molecule has 0 aliphatic heterocycles. The van der Waals surface area contributed by atoms with Gasteiger partial charge in [-0.25, -0.2) is 0 Å². The Hall–Kier alpha value is -0.0400. The zero-order valence-electron chi connectivity index (χ0n) is 9.99. The van der Waals surface area contributed by atoms with Gasteiger partial charge in [-0.3, -0.25) is 0 Å². The van der Waals surface area contributed by atoms with Gasteiger partial charge in [-0.05, 0) is 85.4 Å². The fraction of sp³-hybridized carbons (Fsp3) is 1.00. The molecule has 0 heterocycles. The molecule has 0 aromatic rings. The Morgan fingerprint density at radius 2 is 1.56 bits per heavy atom. The highest BCUT2D eigenvalue weighted by Crippen LogP contribution is 2.90. The van der Waals surface area contributed by atoms with Crippen LogP contribution in [0.5, 0.6) is 0 Å². The zero-order valence-corrected chi connectivity index (χ0v) is 9.99. The van der Waals surface area contributed by atoms with Gasteiger partial charge in [-0.1, -0.05) is 0 Å². The van der Waals surface area contributed by atoms with E-state index in [1.54, 1.807) is 32.1 Å². The van der Waals surface area contributed by atoms with Gasteiger partial charge in [0.2, 0.25) is 0 Å². The van der Waals surface area contributed by atoms with Crippen molar-refractivity contribution < 1.29 is 5.11 Å². The summed E-state index contributed by atoms with van der Waals surface area (Å²) in [5.74, 6) is 5.10. The van der Waals surface area contributed by atoms with Crippen LogP contribution in [0.15, 0.2) is 0 Å². The second kappa shape index (κ2) is 2.39. The molecule has 1 heteroatoms. The molecular formula is C15H22O. The number of aliphatic hydroxyl groups is 1. The Kier molecular flexibility index (Phi) is 1.34. The van der Waals surface area contributed by atoms with Crippen LogP contribution in [0.3, 0.4) is 0 Å². The summed E-state index contributed by atoms with van der Waals surface area (Å²) in [6.07, 6.45) is 10.7. The second-order valence-electron chi connectivity index (χ2n) is 7.76. The van der Waals surface area contributed by atoms with Crippen molar-refractivity contribution in [2.24, 2.45) is 40.4 Å². The van der Waals surface area contributed by atoms with Gasteiger partial charge in [-0.15, -0.1) is 0 Å². The van der Waals surface area contributed by atoms with E-state index in [1.807, 2.05) is 0 Å². The molecule has 6 aliphatic rings. The van der Waals surface area contributed by atoms with Crippen LogP contribution in [-0.2, 0) is 0 Å². The molecule has 2 atom stereocenters. The molecule has 1 nitrogen and oxygen atoms in total. The third kappa shape index (κ3) is 0.749. The molecule has 6 fully saturated rings. The average Bonchev–Trinajstić information content (AvgIpc) is 3.13. The smallest absolute Gasteiger partial charge is 0.0465 e. The first-order valence-corrected chi connectivity index (χ1v) is 7.39. The highest BCUT2D eigenvalue weighted by molar-refractivity contribution is 5.32. The molecule has 6 rings (SSSR count). The maximum absolute atomic E-state index is 9.42. The molecule has 0 radical (unpaired) electrons. The van der Waals surface area contributed by atoms with Crippen LogP contribution < -0.4 is 0 Å². The van der Waals surface area contributed by atoms with Gasteiger partial charge < -0.3 is 5.11 Å². The first-order valence-electron chi connectivity index (χ1n) is 7.39. The lowest BCUT2D eigenvalue weighted by molar-refractivity contribution is -0.0644. The summed E-state index contributed by atoms with van der Waals surface area (Å²) in [6.45, 7) is 0.480. The quantitative estimate of drug-likeness (QED) is 0.717. The summed E-state index contributed by atoms with van der Waals surface area (Å²) in [6, 6.07) is 0. The molecule has 6 saturated carbocycles. The van der Waals surface area contributed by atoms with E-state index in [1.165, 1.54) is 12.8 Å². The predicted octanol–water partition coefficient (Wildman–Crippen LogP) is 2.83. The van der Waals surface area contributed by atoms with Gasteiger partial charge in [0.25, 0.3) is 0 Å². The molecular weight excluding hydrogens is 196 g/mol. The molecule has 4 bridgehead atoms. The first kappa shape index (κ1) is 8.97. The minimum absolute atomic E-state index is 0.480. The number of hydrogen-bond donors (Lipinski definition) is 1. The van der Waals surface area contributed by atoms with E-state index in [2.05, 4.69) is 0 Å². The van der Waals surface area contributed by atoms with Gasteiger partial charge in [0.1, 0.15) is 0 Å². The van der Waals surface area contributed by atoms with E-state index < -0.39 is 0 Å². The maximum atomic E-state index is 9.42. The van der Waals surface area contributed by atoms with Crippen LogP contribution >= 0.6 is 0 Å². The monoisotopic (exact) mass is 218 g/mol. The lowest BCUT2D eigenvalue weighted by atomic mass is 9.49. The number of rotatable bonds is 1. The van der Waals surface area contributed by atoms with Crippen molar-refractivity contribution in [3.8, 4) is 0 Å². The summed E-state index contributed by atoms with van der Waals surface area (Å²) in [4.78, 5) is 0. The van der Waals surface area contributed by atoms with E-state index >= 15 is 0 Å². The number of hydrogen-bond acceptors (Lipinski definition) is 1. The molecule has 88 valence electrons. The SMILES string of the molecule is OC[C@@H]1C[C@@]12CC21C2CC3CC(C2)CC1C3. The molecule has 2 spiro atoms. The predicted molar refractivity (Wildman–Crippen MR) is 61.7 cm³/mol. The molecule has 16 heavy (non-hydrogen) atoms. The molecule has 0 aromatic heterocycles. The third-order valence-electron chi connectivity index (χ3n) is 7.46. The van der Waals surface area contributed by atoms with Crippen LogP contribution in [0.25, 0.3) is 0 Å². The van der Waals surface area contributed by atoms with Crippen molar-refractivity contribution in [3.05, 3.63) is 0 Å². The third-order valence-corrected chi connectivity index (χ3v) is 7.46. The lowest BCUT2D eigenvalue weighted by Crippen LogP contribution is -2.47. The summed E-state index contributed by atoms with van der Waals surface area (Å²) in [5, 5.41) is 9.42. The zero-order chi connectivity index (χ0) is 10.5. The van der Waals surface area contributed by atoms with Crippen LogP contribution in [0.1, 0.15) is 44.9 Å². The summed E-state index contributed by atoms with van der Waals surface area (Å²) in [7, 11) is 0. The average molecular weight is 218 g/mol. The maximum Gasteiger partial charge on any atom is 0.0465 e. The van der Waals surface area contributed by atoms with E-state index in [4.69, 9.17) is 0 Å². The molecule has 0 saturated heterocycles. The van der Waals surface area contributed by atoms with Crippen LogP contribution in [0.2, 0.25) is 0 Å². The van der Waals surface area contributed by atoms with Gasteiger partial charge in [0.15, 0.2) is 0 Å². The first-order chi connectivity index (χ1) is 7.78. The minimum atomic E-state index is 0.480. The minimum Gasteiger partial charge on any atom is -0.396 e. The molecule has 1 N–H and O–H groups in total. The van der Waals surface area contributed by atoms with E-state index in [0.29, 0.717) is 17.9 Å². The summed E-state index contributed by atoms with van der Waals surface area (Å²) < 4.78 is 0. The van der Waals surface area contributed by atoms with E-state index in [-0.39, 0.29) is 0 Å². The largest absolute Gasteiger partial charge is 0.396 e. The number of aliphatic hydroxyl groups excluding tert-OH is 1. The summed E-state index contributed by atoms with van der Waals surface area (Å²) >= 11 is 0. The van der Waals surface area contributed by atoms with E-state index in [9.17, 15) is 5.11 Å². The normalized spacial score (nSPS) is 69.2. The van der Waals surface area contributed by atoms with Gasteiger partial charge in [0.05, 0.1) is 0 Å². The highest BCUT2D eigenvalue weighted by Gasteiger charge is 2.84. The van der Waals surface area contributed by atoms with Crippen molar-refractivity contribution in [3.63, 3.8) is 0 Å².